The van der Waals surface area contributed by atoms with E-state index in [-0.39, 0.29) is 11.3 Å². The van der Waals surface area contributed by atoms with Gasteiger partial charge >= 0.3 is 0 Å². The fraction of sp³-hybridized carbons (Fsp3) is 0.167. The first-order valence-electron chi connectivity index (χ1n) is 9.59. The summed E-state index contributed by atoms with van der Waals surface area (Å²) in [5, 5.41) is 13.6. The van der Waals surface area contributed by atoms with Crippen LogP contribution in [0.5, 0.6) is 5.75 Å². The van der Waals surface area contributed by atoms with Gasteiger partial charge < -0.3 is 9.84 Å². The van der Waals surface area contributed by atoms with Gasteiger partial charge in [-0.2, -0.15) is 0 Å². The van der Waals surface area contributed by atoms with Gasteiger partial charge in [0.15, 0.2) is 0 Å². The van der Waals surface area contributed by atoms with Crippen LogP contribution in [-0.4, -0.2) is 23.9 Å². The van der Waals surface area contributed by atoms with Gasteiger partial charge in [-0.25, -0.2) is 0 Å². The van der Waals surface area contributed by atoms with E-state index in [0.717, 1.165) is 16.0 Å². The average molecular weight is 454 g/mol. The highest BCUT2D eigenvalue weighted by Crippen LogP contribution is 2.45. The van der Waals surface area contributed by atoms with Crippen molar-refractivity contribution < 1.29 is 19.4 Å². The SMILES string of the molecule is COc1c(C)cc(C)cc1/C(O)=C1/C(=O)C(=O)N(c2cccc(Cl)c2)C1c1cccs1. The number of benzene rings is 2. The number of aliphatic hydroxyl groups excluding tert-OH is 1. The summed E-state index contributed by atoms with van der Waals surface area (Å²) in [5.41, 5.74) is 2.61. The maximum absolute atomic E-state index is 13.2. The molecule has 2 heterocycles. The zero-order valence-electron chi connectivity index (χ0n) is 17.2. The lowest BCUT2D eigenvalue weighted by molar-refractivity contribution is -0.132. The number of Topliss-reactive ketones (excluding diaryl/α,β-unsaturated/α-hetero) is 1. The van der Waals surface area contributed by atoms with Gasteiger partial charge in [-0.15, -0.1) is 11.3 Å². The molecule has 1 saturated heterocycles. The number of hydrogen-bond donors (Lipinski definition) is 1. The van der Waals surface area contributed by atoms with E-state index in [1.54, 1.807) is 30.3 Å². The molecule has 1 aliphatic heterocycles. The van der Waals surface area contributed by atoms with Crippen LogP contribution in [0.3, 0.4) is 0 Å². The number of rotatable bonds is 4. The zero-order chi connectivity index (χ0) is 22.3. The predicted molar refractivity (Wildman–Crippen MR) is 123 cm³/mol. The first kappa shape index (κ1) is 21.2. The largest absolute Gasteiger partial charge is 0.507 e. The number of anilines is 1. The fourth-order valence-electron chi connectivity index (χ4n) is 3.99. The van der Waals surface area contributed by atoms with Crippen LogP contribution in [-0.2, 0) is 9.59 Å². The fourth-order valence-corrected chi connectivity index (χ4v) is 5.00. The molecule has 1 N–H and O–H groups in total. The molecule has 0 spiro atoms. The quantitative estimate of drug-likeness (QED) is 0.315. The number of carbonyl (C=O) groups excluding carboxylic acids is 2. The average Bonchev–Trinajstić information content (AvgIpc) is 3.34. The van der Waals surface area contributed by atoms with Gasteiger partial charge in [-0.1, -0.05) is 29.8 Å². The lowest BCUT2D eigenvalue weighted by atomic mass is 9.96. The second kappa shape index (κ2) is 8.21. The summed E-state index contributed by atoms with van der Waals surface area (Å²) in [6.45, 7) is 3.76. The Kier molecular flexibility index (Phi) is 5.60. The molecule has 1 unspecified atom stereocenters. The van der Waals surface area contributed by atoms with Crippen molar-refractivity contribution in [3.8, 4) is 5.75 Å². The van der Waals surface area contributed by atoms with Crippen LogP contribution in [0.15, 0.2) is 59.5 Å². The summed E-state index contributed by atoms with van der Waals surface area (Å²) in [7, 11) is 1.51. The van der Waals surface area contributed by atoms with Crippen molar-refractivity contribution >= 4 is 46.1 Å². The number of aliphatic hydroxyl groups is 1. The highest BCUT2D eigenvalue weighted by molar-refractivity contribution is 7.10. The number of nitrogens with zero attached hydrogens (tertiary/aromatic N) is 1. The Hall–Kier alpha value is -3.09. The third kappa shape index (κ3) is 3.62. The molecule has 4 rings (SSSR count). The topological polar surface area (TPSA) is 66.8 Å². The highest BCUT2D eigenvalue weighted by atomic mass is 35.5. The number of ether oxygens (including phenoxy) is 1. The predicted octanol–water partition coefficient (Wildman–Crippen LogP) is 5.65. The van der Waals surface area contributed by atoms with E-state index in [1.165, 1.54) is 23.3 Å². The van der Waals surface area contributed by atoms with Crippen molar-refractivity contribution in [1.82, 2.24) is 0 Å². The molecule has 1 amide bonds. The Balaban J connectivity index is 1.99. The summed E-state index contributed by atoms with van der Waals surface area (Å²) in [5.74, 6) is -1.27. The third-order valence-electron chi connectivity index (χ3n) is 5.22. The molecule has 31 heavy (non-hydrogen) atoms. The Labute approximate surface area is 189 Å². The molecular formula is C24H20ClNO4S. The summed E-state index contributed by atoms with van der Waals surface area (Å²) < 4.78 is 5.51. The van der Waals surface area contributed by atoms with Crippen molar-refractivity contribution in [3.63, 3.8) is 0 Å². The summed E-state index contributed by atoms with van der Waals surface area (Å²) in [4.78, 5) is 28.4. The van der Waals surface area contributed by atoms with Crippen molar-refractivity contribution in [3.05, 3.63) is 86.1 Å². The minimum atomic E-state index is -0.774. The monoisotopic (exact) mass is 453 g/mol. The minimum absolute atomic E-state index is 0.0238. The molecule has 1 fully saturated rings. The van der Waals surface area contributed by atoms with E-state index in [2.05, 4.69) is 0 Å². The molecule has 2 aromatic carbocycles. The van der Waals surface area contributed by atoms with Crippen molar-refractivity contribution in [2.24, 2.45) is 0 Å². The van der Waals surface area contributed by atoms with Gasteiger partial charge in [0.2, 0.25) is 0 Å². The Morgan fingerprint density at radius 3 is 2.55 bits per heavy atom. The lowest BCUT2D eigenvalue weighted by Crippen LogP contribution is -2.29. The highest BCUT2D eigenvalue weighted by Gasteiger charge is 2.47. The van der Waals surface area contributed by atoms with Gasteiger partial charge in [0.1, 0.15) is 17.6 Å². The van der Waals surface area contributed by atoms with Crippen LogP contribution < -0.4 is 9.64 Å². The number of hydrogen-bond acceptors (Lipinski definition) is 5. The van der Waals surface area contributed by atoms with Crippen molar-refractivity contribution in [1.29, 1.82) is 0 Å². The second-order valence-electron chi connectivity index (χ2n) is 7.33. The van der Waals surface area contributed by atoms with Crippen LogP contribution in [0.1, 0.15) is 27.6 Å². The molecule has 1 aliphatic rings. The van der Waals surface area contributed by atoms with Gasteiger partial charge in [0.25, 0.3) is 11.7 Å². The Bertz CT molecular complexity index is 1220. The Morgan fingerprint density at radius 1 is 1.13 bits per heavy atom. The molecule has 0 saturated carbocycles. The smallest absolute Gasteiger partial charge is 0.300 e. The molecular weight excluding hydrogens is 434 g/mol. The number of methoxy groups -OCH3 is 1. The van der Waals surface area contributed by atoms with E-state index >= 15 is 0 Å². The van der Waals surface area contributed by atoms with Crippen LogP contribution in [0.25, 0.3) is 5.76 Å². The van der Waals surface area contributed by atoms with E-state index < -0.39 is 17.7 Å². The van der Waals surface area contributed by atoms with E-state index in [9.17, 15) is 14.7 Å². The number of aryl methyl sites for hydroxylation is 2. The molecule has 0 aliphatic carbocycles. The van der Waals surface area contributed by atoms with Crippen molar-refractivity contribution in [2.45, 2.75) is 19.9 Å². The number of ketones is 1. The molecule has 1 aromatic heterocycles. The first-order valence-corrected chi connectivity index (χ1v) is 10.8. The van der Waals surface area contributed by atoms with Gasteiger partial charge in [0.05, 0.1) is 18.2 Å². The number of halogens is 1. The number of thiophene rings is 1. The molecule has 3 aromatic rings. The maximum atomic E-state index is 13.2. The first-order chi connectivity index (χ1) is 14.8. The molecule has 0 bridgehead atoms. The zero-order valence-corrected chi connectivity index (χ0v) is 18.8. The van der Waals surface area contributed by atoms with Crippen LogP contribution >= 0.6 is 22.9 Å². The Morgan fingerprint density at radius 2 is 1.90 bits per heavy atom. The molecule has 0 radical (unpaired) electrons. The summed E-state index contributed by atoms with van der Waals surface area (Å²) >= 11 is 7.55. The lowest BCUT2D eigenvalue weighted by Gasteiger charge is -2.24. The maximum Gasteiger partial charge on any atom is 0.300 e. The van der Waals surface area contributed by atoms with Gasteiger partial charge in [0, 0.05) is 15.6 Å². The normalized spacial score (nSPS) is 17.9. The third-order valence-corrected chi connectivity index (χ3v) is 6.38. The molecule has 158 valence electrons. The molecule has 1 atom stereocenters. The standard InChI is InChI=1S/C24H20ClNO4S/c1-13-10-14(2)23(30-3)17(11-13)21(27)19-20(18-8-5-9-31-18)26(24(29)22(19)28)16-7-4-6-15(25)12-16/h4-12,20,27H,1-3H3/b21-19-. The van der Waals surface area contributed by atoms with E-state index in [4.69, 9.17) is 16.3 Å². The molecule has 5 nitrogen and oxygen atoms in total. The molecule has 7 heteroatoms. The second-order valence-corrected chi connectivity index (χ2v) is 8.74. The van der Waals surface area contributed by atoms with E-state index in [1.807, 2.05) is 37.4 Å². The van der Waals surface area contributed by atoms with E-state index in [0.29, 0.717) is 22.0 Å². The summed E-state index contributed by atoms with van der Waals surface area (Å²) in [6.07, 6.45) is 0. The minimum Gasteiger partial charge on any atom is -0.507 e. The van der Waals surface area contributed by atoms with Gasteiger partial charge in [-0.3, -0.25) is 14.5 Å². The van der Waals surface area contributed by atoms with Crippen LogP contribution in [0.2, 0.25) is 5.02 Å². The van der Waals surface area contributed by atoms with Gasteiger partial charge in [-0.05, 0) is 60.7 Å². The van der Waals surface area contributed by atoms with Crippen LogP contribution in [0.4, 0.5) is 5.69 Å². The van der Waals surface area contributed by atoms with Crippen molar-refractivity contribution in [2.75, 3.05) is 12.0 Å². The number of carbonyl (C=O) groups is 2. The van der Waals surface area contributed by atoms with Crippen LogP contribution in [0, 0.1) is 13.8 Å². The number of amides is 1. The summed E-state index contributed by atoms with van der Waals surface area (Å²) in [6, 6.07) is 13.3.